The van der Waals surface area contributed by atoms with Gasteiger partial charge in [-0.1, -0.05) is 23.8 Å². The quantitative estimate of drug-likeness (QED) is 0.471. The SMILES string of the molecule is CCNC(=NCc1ccc(OC)c(NC(C)=O)c1)NC1CCN(c2ccc(C)cc2)C1. The molecule has 0 aliphatic carbocycles. The van der Waals surface area contributed by atoms with Crippen molar-refractivity contribution >= 4 is 23.2 Å². The molecule has 1 fully saturated rings. The molecule has 0 aromatic heterocycles. The topological polar surface area (TPSA) is 78.0 Å². The number of rotatable bonds is 7. The highest BCUT2D eigenvalue weighted by molar-refractivity contribution is 5.90. The summed E-state index contributed by atoms with van der Waals surface area (Å²) in [6.07, 6.45) is 1.06. The highest BCUT2D eigenvalue weighted by Gasteiger charge is 2.23. The summed E-state index contributed by atoms with van der Waals surface area (Å²) in [6.45, 7) is 8.92. The van der Waals surface area contributed by atoms with Crippen molar-refractivity contribution in [3.63, 3.8) is 0 Å². The van der Waals surface area contributed by atoms with E-state index >= 15 is 0 Å². The molecule has 0 bridgehead atoms. The fourth-order valence-corrected chi connectivity index (χ4v) is 3.69. The van der Waals surface area contributed by atoms with Crippen LogP contribution in [0.25, 0.3) is 0 Å². The van der Waals surface area contributed by atoms with Crippen LogP contribution in [0.4, 0.5) is 11.4 Å². The maximum absolute atomic E-state index is 11.5. The van der Waals surface area contributed by atoms with E-state index in [0.29, 0.717) is 24.0 Å². The molecule has 0 saturated carbocycles. The van der Waals surface area contributed by atoms with E-state index in [1.165, 1.54) is 18.2 Å². The largest absolute Gasteiger partial charge is 0.495 e. The number of aryl methyl sites for hydroxylation is 1. The van der Waals surface area contributed by atoms with Gasteiger partial charge in [0.2, 0.25) is 5.91 Å². The summed E-state index contributed by atoms with van der Waals surface area (Å²) >= 11 is 0. The second-order valence-electron chi connectivity index (χ2n) is 7.82. The lowest BCUT2D eigenvalue weighted by molar-refractivity contribution is -0.114. The van der Waals surface area contributed by atoms with Crippen LogP contribution in [-0.2, 0) is 11.3 Å². The van der Waals surface area contributed by atoms with Crippen molar-refractivity contribution in [2.45, 2.75) is 39.8 Å². The van der Waals surface area contributed by atoms with Crippen LogP contribution in [0.5, 0.6) is 5.75 Å². The Kier molecular flexibility index (Phi) is 7.76. The molecule has 7 nitrogen and oxygen atoms in total. The molecule has 1 aliphatic rings. The Balaban J connectivity index is 1.64. The first-order valence-corrected chi connectivity index (χ1v) is 10.8. The lowest BCUT2D eigenvalue weighted by Gasteiger charge is -2.20. The Hall–Kier alpha value is -3.22. The molecule has 31 heavy (non-hydrogen) atoms. The Morgan fingerprint density at radius 2 is 2.00 bits per heavy atom. The van der Waals surface area contributed by atoms with Gasteiger partial charge in [0.05, 0.1) is 19.3 Å². The van der Waals surface area contributed by atoms with E-state index in [4.69, 9.17) is 9.73 Å². The number of guanidine groups is 1. The fourth-order valence-electron chi connectivity index (χ4n) is 3.69. The predicted octanol–water partition coefficient (Wildman–Crippen LogP) is 3.30. The van der Waals surface area contributed by atoms with Crippen LogP contribution in [0.3, 0.4) is 0 Å². The van der Waals surface area contributed by atoms with E-state index in [2.05, 4.69) is 59.0 Å². The first kappa shape index (κ1) is 22.5. The van der Waals surface area contributed by atoms with Crippen LogP contribution < -0.4 is 25.6 Å². The number of amides is 1. The van der Waals surface area contributed by atoms with Crippen molar-refractivity contribution in [1.29, 1.82) is 0 Å². The molecule has 1 saturated heterocycles. The molecule has 2 aromatic rings. The van der Waals surface area contributed by atoms with E-state index in [1.807, 2.05) is 18.2 Å². The highest BCUT2D eigenvalue weighted by atomic mass is 16.5. The second-order valence-corrected chi connectivity index (χ2v) is 7.82. The van der Waals surface area contributed by atoms with Gasteiger partial charge in [-0.15, -0.1) is 0 Å². The van der Waals surface area contributed by atoms with Crippen LogP contribution in [0.2, 0.25) is 0 Å². The van der Waals surface area contributed by atoms with Crippen molar-refractivity contribution in [1.82, 2.24) is 10.6 Å². The number of anilines is 2. The minimum absolute atomic E-state index is 0.131. The summed E-state index contributed by atoms with van der Waals surface area (Å²) in [5.41, 5.74) is 4.19. The molecule has 1 amide bonds. The van der Waals surface area contributed by atoms with Crippen LogP contribution in [0.15, 0.2) is 47.5 Å². The highest BCUT2D eigenvalue weighted by Crippen LogP contribution is 2.26. The lowest BCUT2D eigenvalue weighted by atomic mass is 10.2. The van der Waals surface area contributed by atoms with Gasteiger partial charge in [0.1, 0.15) is 5.75 Å². The Morgan fingerprint density at radius 1 is 1.23 bits per heavy atom. The number of carbonyl (C=O) groups excluding carboxylic acids is 1. The Labute approximate surface area is 184 Å². The van der Waals surface area contributed by atoms with Gasteiger partial charge in [-0.05, 0) is 50.1 Å². The zero-order valence-corrected chi connectivity index (χ0v) is 18.9. The van der Waals surface area contributed by atoms with E-state index in [1.54, 1.807) is 7.11 Å². The standard InChI is InChI=1S/C24H33N5O2/c1-5-25-24(26-15-19-8-11-23(31-4)22(14-19)27-18(3)30)28-20-12-13-29(16-20)21-9-6-17(2)7-10-21/h6-11,14,20H,5,12-13,15-16H2,1-4H3,(H,27,30)(H2,25,26,28). The number of methoxy groups -OCH3 is 1. The van der Waals surface area contributed by atoms with Crippen molar-refractivity contribution in [3.05, 3.63) is 53.6 Å². The van der Waals surface area contributed by atoms with Gasteiger partial charge in [0.15, 0.2) is 5.96 Å². The average Bonchev–Trinajstić information content (AvgIpc) is 3.21. The van der Waals surface area contributed by atoms with Crippen molar-refractivity contribution in [3.8, 4) is 5.75 Å². The molecule has 1 aliphatic heterocycles. The number of nitrogens with one attached hydrogen (secondary N) is 3. The van der Waals surface area contributed by atoms with E-state index in [-0.39, 0.29) is 5.91 Å². The summed E-state index contributed by atoms with van der Waals surface area (Å²) in [5.74, 6) is 1.30. The van der Waals surface area contributed by atoms with E-state index < -0.39 is 0 Å². The third-order valence-electron chi connectivity index (χ3n) is 5.27. The van der Waals surface area contributed by atoms with Crippen LogP contribution in [0, 0.1) is 6.92 Å². The van der Waals surface area contributed by atoms with Gasteiger partial charge < -0.3 is 25.6 Å². The number of hydrogen-bond acceptors (Lipinski definition) is 4. The van der Waals surface area contributed by atoms with Gasteiger partial charge in [0.25, 0.3) is 0 Å². The zero-order valence-electron chi connectivity index (χ0n) is 18.9. The molecule has 0 spiro atoms. The Morgan fingerprint density at radius 3 is 2.68 bits per heavy atom. The number of hydrogen-bond donors (Lipinski definition) is 3. The molecule has 3 rings (SSSR count). The zero-order chi connectivity index (χ0) is 22.2. The first-order valence-electron chi connectivity index (χ1n) is 10.8. The number of carbonyl (C=O) groups is 1. The molecule has 166 valence electrons. The number of aliphatic imine (C=N–C) groups is 1. The summed E-state index contributed by atoms with van der Waals surface area (Å²) in [6, 6.07) is 14.8. The summed E-state index contributed by atoms with van der Waals surface area (Å²) in [4.78, 5) is 18.6. The van der Waals surface area contributed by atoms with Crippen molar-refractivity contribution in [2.75, 3.05) is 37.0 Å². The normalized spacial score (nSPS) is 16.2. The maximum atomic E-state index is 11.5. The van der Waals surface area contributed by atoms with Crippen molar-refractivity contribution < 1.29 is 9.53 Å². The number of ether oxygens (including phenoxy) is 1. The molecule has 1 unspecified atom stereocenters. The van der Waals surface area contributed by atoms with Crippen LogP contribution >= 0.6 is 0 Å². The third-order valence-corrected chi connectivity index (χ3v) is 5.27. The average molecular weight is 424 g/mol. The van der Waals surface area contributed by atoms with E-state index in [0.717, 1.165) is 37.6 Å². The maximum Gasteiger partial charge on any atom is 0.221 e. The van der Waals surface area contributed by atoms with Gasteiger partial charge >= 0.3 is 0 Å². The smallest absolute Gasteiger partial charge is 0.221 e. The molecular formula is C24H33N5O2. The molecule has 3 N–H and O–H groups in total. The second kappa shape index (κ2) is 10.7. The van der Waals surface area contributed by atoms with E-state index in [9.17, 15) is 4.79 Å². The molecular weight excluding hydrogens is 390 g/mol. The molecule has 1 atom stereocenters. The first-order chi connectivity index (χ1) is 15.0. The minimum atomic E-state index is -0.131. The number of benzene rings is 2. The summed E-state index contributed by atoms with van der Waals surface area (Å²) < 4.78 is 5.33. The molecule has 2 aromatic carbocycles. The number of nitrogens with zero attached hydrogens (tertiary/aromatic N) is 2. The van der Waals surface area contributed by atoms with Gasteiger partial charge in [0, 0.05) is 38.3 Å². The molecule has 1 heterocycles. The van der Waals surface area contributed by atoms with Gasteiger partial charge in [-0.2, -0.15) is 0 Å². The van der Waals surface area contributed by atoms with Crippen LogP contribution in [0.1, 0.15) is 31.4 Å². The lowest BCUT2D eigenvalue weighted by Crippen LogP contribution is -2.44. The fraction of sp³-hybridized carbons (Fsp3) is 0.417. The van der Waals surface area contributed by atoms with Crippen molar-refractivity contribution in [2.24, 2.45) is 4.99 Å². The summed E-state index contributed by atoms with van der Waals surface area (Å²) in [7, 11) is 1.59. The predicted molar refractivity (Wildman–Crippen MR) is 127 cm³/mol. The van der Waals surface area contributed by atoms with Crippen LogP contribution in [-0.4, -0.2) is 44.7 Å². The van der Waals surface area contributed by atoms with Gasteiger partial charge in [-0.25, -0.2) is 4.99 Å². The Bertz CT molecular complexity index is 911. The third kappa shape index (κ3) is 6.38. The minimum Gasteiger partial charge on any atom is -0.495 e. The summed E-state index contributed by atoms with van der Waals surface area (Å²) in [5, 5.41) is 9.72. The van der Waals surface area contributed by atoms with Gasteiger partial charge in [-0.3, -0.25) is 4.79 Å². The monoisotopic (exact) mass is 423 g/mol. The molecule has 7 heteroatoms. The molecule has 0 radical (unpaired) electrons.